The number of hydrogen-bond donors (Lipinski definition) is 0. The molecule has 42 heavy (non-hydrogen) atoms. The molecule has 1 heterocycles. The molecule has 9 rings (SSSR count). The highest BCUT2D eigenvalue weighted by molar-refractivity contribution is 6.27. The van der Waals surface area contributed by atoms with Gasteiger partial charge in [0.15, 0.2) is 0 Å². The molecule has 7 aromatic carbocycles. The van der Waals surface area contributed by atoms with Crippen molar-refractivity contribution in [3.8, 4) is 33.4 Å². The van der Waals surface area contributed by atoms with Crippen LogP contribution in [-0.4, -0.2) is 0 Å². The first-order valence-electron chi connectivity index (χ1n) is 14.7. The highest BCUT2D eigenvalue weighted by Gasteiger charge is 2.35. The molecule has 0 N–H and O–H groups in total. The largest absolute Gasteiger partial charge is 0.455 e. The van der Waals surface area contributed by atoms with Crippen LogP contribution in [0.4, 0.5) is 0 Å². The van der Waals surface area contributed by atoms with Gasteiger partial charge in [-0.05, 0) is 73.1 Å². The molecule has 0 fully saturated rings. The topological polar surface area (TPSA) is 13.1 Å². The molecule has 1 nitrogen and oxygen atoms in total. The van der Waals surface area contributed by atoms with Crippen LogP contribution in [0.5, 0.6) is 0 Å². The minimum Gasteiger partial charge on any atom is -0.455 e. The highest BCUT2D eigenvalue weighted by Crippen LogP contribution is 2.52. The molecular weight excluding hydrogens is 508 g/mol. The van der Waals surface area contributed by atoms with E-state index in [1.54, 1.807) is 0 Å². The number of rotatable bonds is 2. The van der Waals surface area contributed by atoms with Gasteiger partial charge < -0.3 is 4.42 Å². The van der Waals surface area contributed by atoms with Crippen LogP contribution in [0.3, 0.4) is 0 Å². The maximum atomic E-state index is 6.83. The monoisotopic (exact) mass is 536 g/mol. The minimum atomic E-state index is -0.0266. The average Bonchev–Trinajstić information content (AvgIpc) is 3.52. The summed E-state index contributed by atoms with van der Waals surface area (Å²) in [5, 5.41) is 7.26. The van der Waals surface area contributed by atoms with Gasteiger partial charge in [0.1, 0.15) is 11.2 Å². The fourth-order valence-corrected chi connectivity index (χ4v) is 7.45. The summed E-state index contributed by atoms with van der Waals surface area (Å²) in [6, 6.07) is 48.6. The van der Waals surface area contributed by atoms with E-state index in [0.717, 1.165) is 22.1 Å². The smallest absolute Gasteiger partial charge is 0.144 e. The number of fused-ring (bicyclic) bond motifs is 8. The van der Waals surface area contributed by atoms with E-state index in [9.17, 15) is 0 Å². The van der Waals surface area contributed by atoms with Crippen molar-refractivity contribution >= 4 is 43.5 Å². The van der Waals surface area contributed by atoms with Crippen molar-refractivity contribution in [2.75, 3.05) is 0 Å². The Hall–Kier alpha value is -5.14. The Morgan fingerprint density at radius 3 is 1.95 bits per heavy atom. The van der Waals surface area contributed by atoms with Gasteiger partial charge in [-0.3, -0.25) is 0 Å². The van der Waals surface area contributed by atoms with Crippen molar-refractivity contribution in [3.63, 3.8) is 0 Å². The van der Waals surface area contributed by atoms with Gasteiger partial charge in [0.2, 0.25) is 0 Å². The lowest BCUT2D eigenvalue weighted by atomic mass is 9.82. The van der Waals surface area contributed by atoms with Gasteiger partial charge in [-0.25, -0.2) is 0 Å². The molecule has 1 aliphatic carbocycles. The molecule has 1 aromatic heterocycles. The van der Waals surface area contributed by atoms with Crippen molar-refractivity contribution in [1.82, 2.24) is 0 Å². The minimum absolute atomic E-state index is 0.0266. The number of benzene rings is 7. The summed E-state index contributed by atoms with van der Waals surface area (Å²) in [5.74, 6) is 0. The van der Waals surface area contributed by atoms with Crippen molar-refractivity contribution < 1.29 is 4.42 Å². The Labute approximate surface area is 244 Å². The van der Waals surface area contributed by atoms with E-state index < -0.39 is 0 Å². The summed E-state index contributed by atoms with van der Waals surface area (Å²) in [7, 11) is 0. The van der Waals surface area contributed by atoms with Gasteiger partial charge in [0.25, 0.3) is 0 Å². The summed E-state index contributed by atoms with van der Waals surface area (Å²) < 4.78 is 6.83. The van der Waals surface area contributed by atoms with Crippen LogP contribution in [0.2, 0.25) is 0 Å². The average molecular weight is 537 g/mol. The predicted molar refractivity (Wildman–Crippen MR) is 177 cm³/mol. The molecule has 0 aliphatic heterocycles. The van der Waals surface area contributed by atoms with Gasteiger partial charge in [-0.15, -0.1) is 0 Å². The van der Waals surface area contributed by atoms with E-state index in [1.807, 2.05) is 0 Å². The standard InChI is InChI=1S/C41H28O/c1-41(2)34-17-9-7-13-29(34)33-24-28(21-22-35(33)41)38-31-15-6-5-14-30(31)37(27-20-19-25-11-3-4-12-26(25)23-27)39-32-16-8-10-18-36(32)42-40(38)39/h3-24H,1-2H3. The Morgan fingerprint density at radius 2 is 1.10 bits per heavy atom. The molecule has 0 spiro atoms. The fourth-order valence-electron chi connectivity index (χ4n) is 7.45. The molecule has 0 amide bonds. The first kappa shape index (κ1) is 23.6. The maximum Gasteiger partial charge on any atom is 0.144 e. The summed E-state index contributed by atoms with van der Waals surface area (Å²) in [6.45, 7) is 4.67. The van der Waals surface area contributed by atoms with Crippen LogP contribution in [0.25, 0.3) is 76.9 Å². The highest BCUT2D eigenvalue weighted by atomic mass is 16.3. The molecule has 198 valence electrons. The summed E-state index contributed by atoms with van der Waals surface area (Å²) >= 11 is 0. The van der Waals surface area contributed by atoms with Crippen LogP contribution in [-0.2, 0) is 5.41 Å². The third-order valence-electron chi connectivity index (χ3n) is 9.45. The Bertz CT molecular complexity index is 2380. The third-order valence-corrected chi connectivity index (χ3v) is 9.45. The SMILES string of the molecule is CC1(C)c2ccccc2-c2cc(-c3c4ccccc4c(-c4ccc5ccccc5c4)c4c3oc3ccccc34)ccc21. The summed E-state index contributed by atoms with van der Waals surface area (Å²) in [6.07, 6.45) is 0. The van der Waals surface area contributed by atoms with Crippen LogP contribution in [0, 0.1) is 0 Å². The van der Waals surface area contributed by atoms with Crippen molar-refractivity contribution in [2.45, 2.75) is 19.3 Å². The first-order valence-corrected chi connectivity index (χ1v) is 14.7. The van der Waals surface area contributed by atoms with Crippen molar-refractivity contribution in [2.24, 2.45) is 0 Å². The van der Waals surface area contributed by atoms with E-state index in [2.05, 4.69) is 147 Å². The van der Waals surface area contributed by atoms with Crippen molar-refractivity contribution in [1.29, 1.82) is 0 Å². The Balaban J connectivity index is 1.42. The molecule has 0 bridgehead atoms. The second kappa shape index (κ2) is 8.44. The van der Waals surface area contributed by atoms with Gasteiger partial charge in [0, 0.05) is 27.3 Å². The van der Waals surface area contributed by atoms with Crippen LogP contribution in [0.15, 0.2) is 138 Å². The molecule has 1 aliphatic rings. The van der Waals surface area contributed by atoms with Crippen LogP contribution < -0.4 is 0 Å². The molecule has 0 unspecified atom stereocenters. The zero-order valence-corrected chi connectivity index (χ0v) is 23.6. The molecule has 0 radical (unpaired) electrons. The summed E-state index contributed by atoms with van der Waals surface area (Å²) in [5.41, 5.74) is 12.0. The summed E-state index contributed by atoms with van der Waals surface area (Å²) in [4.78, 5) is 0. The maximum absolute atomic E-state index is 6.83. The molecule has 0 saturated heterocycles. The second-order valence-electron chi connectivity index (χ2n) is 12.1. The van der Waals surface area contributed by atoms with Crippen molar-refractivity contribution in [3.05, 3.63) is 145 Å². The van der Waals surface area contributed by atoms with E-state index in [-0.39, 0.29) is 5.41 Å². The number of furan rings is 1. The number of para-hydroxylation sites is 1. The van der Waals surface area contributed by atoms with Crippen LogP contribution in [0.1, 0.15) is 25.0 Å². The third kappa shape index (κ3) is 3.14. The first-order chi connectivity index (χ1) is 20.6. The second-order valence-corrected chi connectivity index (χ2v) is 12.1. The lowest BCUT2D eigenvalue weighted by molar-refractivity contribution is 0.660. The Kier molecular flexibility index (Phi) is 4.73. The van der Waals surface area contributed by atoms with Gasteiger partial charge in [-0.1, -0.05) is 129 Å². The molecular formula is C41H28O. The zero-order chi connectivity index (χ0) is 28.0. The molecule has 8 aromatic rings. The lowest BCUT2D eigenvalue weighted by Gasteiger charge is -2.21. The molecule has 0 atom stereocenters. The zero-order valence-electron chi connectivity index (χ0n) is 23.6. The van der Waals surface area contributed by atoms with Gasteiger partial charge in [0.05, 0.1) is 0 Å². The van der Waals surface area contributed by atoms with Gasteiger partial charge in [-0.2, -0.15) is 0 Å². The predicted octanol–water partition coefficient (Wildman–Crippen LogP) is 11.5. The van der Waals surface area contributed by atoms with E-state index in [4.69, 9.17) is 4.42 Å². The lowest BCUT2D eigenvalue weighted by Crippen LogP contribution is -2.14. The van der Waals surface area contributed by atoms with Gasteiger partial charge >= 0.3 is 0 Å². The molecule has 0 saturated carbocycles. The van der Waals surface area contributed by atoms with E-state index in [0.29, 0.717) is 0 Å². The van der Waals surface area contributed by atoms with E-state index in [1.165, 1.54) is 65.9 Å². The molecule has 1 heteroatoms. The quantitative estimate of drug-likeness (QED) is 0.214. The number of hydrogen-bond acceptors (Lipinski definition) is 1. The Morgan fingerprint density at radius 1 is 0.476 bits per heavy atom. The fraction of sp³-hybridized carbons (Fsp3) is 0.0732. The van der Waals surface area contributed by atoms with Crippen LogP contribution >= 0.6 is 0 Å². The normalized spacial score (nSPS) is 13.7. The van der Waals surface area contributed by atoms with E-state index >= 15 is 0 Å².